The molecule has 0 heterocycles. The monoisotopic (exact) mass is 277 g/mol. The van der Waals surface area contributed by atoms with Crippen LogP contribution in [0.4, 0.5) is 0 Å². The fourth-order valence-electron chi connectivity index (χ4n) is 1.80. The van der Waals surface area contributed by atoms with E-state index in [1.165, 1.54) is 0 Å². The van der Waals surface area contributed by atoms with Crippen LogP contribution in [0.15, 0.2) is 35.3 Å². The van der Waals surface area contributed by atoms with Crippen LogP contribution in [-0.2, 0) is 6.42 Å². The minimum absolute atomic E-state index is 0.374. The number of hydrogen-bond acceptors (Lipinski definition) is 2. The van der Waals surface area contributed by atoms with Crippen molar-refractivity contribution in [3.63, 3.8) is 0 Å². The summed E-state index contributed by atoms with van der Waals surface area (Å²) in [7, 11) is 0. The van der Waals surface area contributed by atoms with Gasteiger partial charge in [0.05, 0.1) is 12.6 Å². The van der Waals surface area contributed by atoms with E-state index in [1.807, 2.05) is 37.3 Å². The molecule has 0 spiro atoms. The standard InChI is InChI=1S/C16H27N3O/c1-4-13(3)19-16(17-5-2)18-12-15(20)11-14-9-7-6-8-10-14/h6-10,13,15,20H,4-5,11-12H2,1-3H3,(H2,17,18,19). The van der Waals surface area contributed by atoms with Crippen molar-refractivity contribution in [3.05, 3.63) is 35.9 Å². The number of hydrogen-bond donors (Lipinski definition) is 3. The van der Waals surface area contributed by atoms with Gasteiger partial charge in [-0.2, -0.15) is 0 Å². The molecule has 4 nitrogen and oxygen atoms in total. The third-order valence-electron chi connectivity index (χ3n) is 3.11. The normalized spacial score (nSPS) is 14.7. The molecule has 2 unspecified atom stereocenters. The van der Waals surface area contributed by atoms with Crippen molar-refractivity contribution < 1.29 is 5.11 Å². The zero-order chi connectivity index (χ0) is 14.8. The molecule has 1 aromatic rings. The van der Waals surface area contributed by atoms with Crippen LogP contribution < -0.4 is 10.6 Å². The molecule has 0 aliphatic carbocycles. The summed E-state index contributed by atoms with van der Waals surface area (Å²) >= 11 is 0. The van der Waals surface area contributed by atoms with Crippen LogP contribution in [-0.4, -0.2) is 36.3 Å². The molecule has 0 radical (unpaired) electrons. The molecule has 1 aromatic carbocycles. The Labute approximate surface area is 122 Å². The molecule has 112 valence electrons. The molecule has 20 heavy (non-hydrogen) atoms. The van der Waals surface area contributed by atoms with Gasteiger partial charge in [0.25, 0.3) is 0 Å². The predicted molar refractivity (Wildman–Crippen MR) is 85.0 cm³/mol. The van der Waals surface area contributed by atoms with Crippen LogP contribution in [0, 0.1) is 0 Å². The maximum Gasteiger partial charge on any atom is 0.191 e. The molecule has 0 fully saturated rings. The average molecular weight is 277 g/mol. The first-order valence-electron chi connectivity index (χ1n) is 7.42. The number of nitrogens with zero attached hydrogens (tertiary/aromatic N) is 1. The second-order valence-electron chi connectivity index (χ2n) is 5.02. The average Bonchev–Trinajstić information content (AvgIpc) is 2.46. The minimum atomic E-state index is -0.454. The van der Waals surface area contributed by atoms with E-state index in [1.54, 1.807) is 0 Å². The van der Waals surface area contributed by atoms with Gasteiger partial charge in [-0.1, -0.05) is 37.3 Å². The molecule has 0 amide bonds. The lowest BCUT2D eigenvalue weighted by atomic mass is 10.1. The molecule has 0 aliphatic heterocycles. The maximum absolute atomic E-state index is 10.0. The van der Waals surface area contributed by atoms with Gasteiger partial charge in [-0.3, -0.25) is 4.99 Å². The zero-order valence-corrected chi connectivity index (χ0v) is 12.8. The van der Waals surface area contributed by atoms with Crippen molar-refractivity contribution >= 4 is 5.96 Å². The largest absolute Gasteiger partial charge is 0.391 e. The van der Waals surface area contributed by atoms with Gasteiger partial charge in [0.15, 0.2) is 5.96 Å². The number of benzene rings is 1. The molecule has 0 aromatic heterocycles. The summed E-state index contributed by atoms with van der Waals surface area (Å²) in [6.45, 7) is 7.50. The lowest BCUT2D eigenvalue weighted by molar-refractivity contribution is 0.183. The Morgan fingerprint density at radius 1 is 1.25 bits per heavy atom. The molecule has 4 heteroatoms. The molecule has 0 aliphatic rings. The van der Waals surface area contributed by atoms with E-state index < -0.39 is 6.10 Å². The highest BCUT2D eigenvalue weighted by atomic mass is 16.3. The van der Waals surface area contributed by atoms with Gasteiger partial charge in [-0.25, -0.2) is 0 Å². The quantitative estimate of drug-likeness (QED) is 0.527. The number of rotatable bonds is 7. The highest BCUT2D eigenvalue weighted by Crippen LogP contribution is 2.03. The Kier molecular flexibility index (Phi) is 7.73. The summed E-state index contributed by atoms with van der Waals surface area (Å²) < 4.78 is 0. The second-order valence-corrected chi connectivity index (χ2v) is 5.02. The van der Waals surface area contributed by atoms with E-state index in [-0.39, 0.29) is 0 Å². The van der Waals surface area contributed by atoms with Crippen LogP contribution in [0.3, 0.4) is 0 Å². The van der Waals surface area contributed by atoms with Crippen LogP contribution in [0.1, 0.15) is 32.8 Å². The van der Waals surface area contributed by atoms with Crippen molar-refractivity contribution in [3.8, 4) is 0 Å². The first-order chi connectivity index (χ1) is 9.65. The van der Waals surface area contributed by atoms with Crippen LogP contribution in [0.25, 0.3) is 0 Å². The zero-order valence-electron chi connectivity index (χ0n) is 12.8. The van der Waals surface area contributed by atoms with E-state index >= 15 is 0 Å². The number of guanidine groups is 1. The molecule has 0 bridgehead atoms. The topological polar surface area (TPSA) is 56.7 Å². The lowest BCUT2D eigenvalue weighted by Gasteiger charge is -2.17. The third kappa shape index (κ3) is 6.57. The summed E-state index contributed by atoms with van der Waals surface area (Å²) in [5.74, 6) is 0.772. The Morgan fingerprint density at radius 2 is 1.95 bits per heavy atom. The van der Waals surface area contributed by atoms with Crippen molar-refractivity contribution in [1.29, 1.82) is 0 Å². The SMILES string of the molecule is CCNC(=NCC(O)Cc1ccccc1)NC(C)CC. The van der Waals surface area contributed by atoms with E-state index in [9.17, 15) is 5.11 Å². The van der Waals surface area contributed by atoms with Crippen molar-refractivity contribution in [2.24, 2.45) is 4.99 Å². The summed E-state index contributed by atoms with van der Waals surface area (Å²) in [4.78, 5) is 4.44. The Hall–Kier alpha value is -1.55. The maximum atomic E-state index is 10.0. The van der Waals surface area contributed by atoms with Gasteiger partial charge >= 0.3 is 0 Å². The second kappa shape index (κ2) is 9.37. The van der Waals surface area contributed by atoms with Gasteiger partial charge in [-0.15, -0.1) is 0 Å². The number of nitrogens with one attached hydrogen (secondary N) is 2. The highest BCUT2D eigenvalue weighted by Gasteiger charge is 2.07. The predicted octanol–water partition coefficient (Wildman–Crippen LogP) is 1.94. The summed E-state index contributed by atoms with van der Waals surface area (Å²) in [6.07, 6.45) is 1.22. The summed E-state index contributed by atoms with van der Waals surface area (Å²) in [5, 5.41) is 16.6. The number of aliphatic hydroxyl groups excluding tert-OH is 1. The van der Waals surface area contributed by atoms with Crippen LogP contribution in [0.2, 0.25) is 0 Å². The van der Waals surface area contributed by atoms with Crippen molar-refractivity contribution in [2.45, 2.75) is 45.8 Å². The first kappa shape index (κ1) is 16.5. The molecule has 0 saturated heterocycles. The Balaban J connectivity index is 2.48. The minimum Gasteiger partial charge on any atom is -0.391 e. The van der Waals surface area contributed by atoms with E-state index in [2.05, 4.69) is 29.5 Å². The number of aliphatic imine (C=N–C) groups is 1. The Morgan fingerprint density at radius 3 is 2.55 bits per heavy atom. The molecule has 2 atom stereocenters. The fraction of sp³-hybridized carbons (Fsp3) is 0.562. The van der Waals surface area contributed by atoms with Gasteiger partial charge < -0.3 is 15.7 Å². The van der Waals surface area contributed by atoms with Gasteiger partial charge in [0.1, 0.15) is 0 Å². The van der Waals surface area contributed by atoms with Crippen LogP contribution in [0.5, 0.6) is 0 Å². The smallest absolute Gasteiger partial charge is 0.191 e. The van der Waals surface area contributed by atoms with Crippen molar-refractivity contribution in [1.82, 2.24) is 10.6 Å². The lowest BCUT2D eigenvalue weighted by Crippen LogP contribution is -2.42. The molecule has 3 N–H and O–H groups in total. The van der Waals surface area contributed by atoms with E-state index in [0.29, 0.717) is 19.0 Å². The van der Waals surface area contributed by atoms with Crippen LogP contribution >= 0.6 is 0 Å². The highest BCUT2D eigenvalue weighted by molar-refractivity contribution is 5.80. The summed E-state index contributed by atoms with van der Waals surface area (Å²) in [5.41, 5.74) is 1.13. The molecular weight excluding hydrogens is 250 g/mol. The molecule has 0 saturated carbocycles. The van der Waals surface area contributed by atoms with E-state index in [0.717, 1.165) is 24.5 Å². The van der Waals surface area contributed by atoms with E-state index in [4.69, 9.17) is 0 Å². The third-order valence-corrected chi connectivity index (χ3v) is 3.11. The van der Waals surface area contributed by atoms with Gasteiger partial charge in [0.2, 0.25) is 0 Å². The molecule has 1 rings (SSSR count). The first-order valence-corrected chi connectivity index (χ1v) is 7.42. The molecular formula is C16H27N3O. The Bertz CT molecular complexity index is 392. The van der Waals surface area contributed by atoms with Gasteiger partial charge in [-0.05, 0) is 25.8 Å². The number of aliphatic hydroxyl groups is 1. The van der Waals surface area contributed by atoms with Crippen molar-refractivity contribution in [2.75, 3.05) is 13.1 Å². The summed E-state index contributed by atoms with van der Waals surface area (Å²) in [6, 6.07) is 10.4. The fourth-order valence-corrected chi connectivity index (χ4v) is 1.80. The van der Waals surface area contributed by atoms with Gasteiger partial charge in [0, 0.05) is 19.0 Å².